The fourth-order valence-corrected chi connectivity index (χ4v) is 16.6. The van der Waals surface area contributed by atoms with Crippen molar-refractivity contribution in [1.82, 2.24) is 0 Å². The molecular formula is C93H135O3P. The molecule has 0 aliphatic carbocycles. The van der Waals surface area contributed by atoms with Gasteiger partial charge in [0.25, 0.3) is 0 Å². The first kappa shape index (κ1) is 80.8. The SMILES string of the molecule is C=C(CCCCCC)C(OP(OC(C(=C)CCCCCC)(c1ccc(C)cc1C(C)(C)C)c1ccc(C)cc1C(C)(C)C)OC(C(=C)CCCCCC)(c1ccc(C)cc1C(C)(C)C)c1ccc(C)cc1C(C)(C)C)(c1ccc(C)cc1C(C)(C)C)c1ccc(C)cc1C(C)(C)C. The summed E-state index contributed by atoms with van der Waals surface area (Å²) in [6, 6.07) is 42.7. The van der Waals surface area contributed by atoms with Crippen LogP contribution in [0.15, 0.2) is 146 Å². The zero-order valence-electron chi connectivity index (χ0n) is 66.8. The van der Waals surface area contributed by atoms with Gasteiger partial charge in [-0.05, 0) is 196 Å². The van der Waals surface area contributed by atoms with Crippen molar-refractivity contribution < 1.29 is 13.6 Å². The Morgan fingerprint density at radius 1 is 0.258 bits per heavy atom. The van der Waals surface area contributed by atoms with E-state index in [1.807, 2.05) is 0 Å². The predicted octanol–water partition coefficient (Wildman–Crippen LogP) is 28.3. The number of hydrogen-bond donors (Lipinski definition) is 0. The molecule has 6 rings (SSSR count). The molecule has 0 aromatic heterocycles. The highest BCUT2D eigenvalue weighted by molar-refractivity contribution is 7.41. The van der Waals surface area contributed by atoms with Crippen LogP contribution in [0.25, 0.3) is 0 Å². The average molecular weight is 1330 g/mol. The second kappa shape index (κ2) is 32.2. The summed E-state index contributed by atoms with van der Waals surface area (Å²) in [4.78, 5) is 0. The van der Waals surface area contributed by atoms with Gasteiger partial charge in [-0.25, -0.2) is 0 Å². The molecule has 0 aliphatic rings. The summed E-state index contributed by atoms with van der Waals surface area (Å²) < 4.78 is 27.9. The normalized spacial score (nSPS) is 13.2. The summed E-state index contributed by atoms with van der Waals surface area (Å²) in [5.41, 5.74) is 17.2. The minimum Gasteiger partial charge on any atom is -0.291 e. The standard InChI is InChI=1S/C93H135O3P/c1-31-34-37-40-43-70(10)91(73-52-46-64(4)58-79(73)85(13,14)15,74-53-47-65(5)59-80(74)86(16,17)18)94-97(95-92(71(11)44-41-38-35-32-2,75-54-48-66(6)60-81(75)87(19,20)21)76-55-49-67(7)61-82(76)88(22,23)24)96-93(72(12)45-42-39-36-33-3,77-56-50-68(8)62-83(77)89(25,26)27)78-57-51-69(9)63-84(78)90(28,29)30/h46-63H,10-12,31-45H2,1-9,13-30H3. The minimum absolute atomic E-state index is 0.359. The van der Waals surface area contributed by atoms with Crippen LogP contribution in [0.2, 0.25) is 0 Å². The smallest absolute Gasteiger partial charge is 0.291 e. The highest BCUT2D eigenvalue weighted by atomic mass is 31.2. The lowest BCUT2D eigenvalue weighted by molar-refractivity contribution is 0.00991. The van der Waals surface area contributed by atoms with E-state index >= 15 is 0 Å². The number of benzene rings is 6. The monoisotopic (exact) mass is 1330 g/mol. The molecule has 0 unspecified atom stereocenters. The fourth-order valence-electron chi connectivity index (χ4n) is 14.8. The molecule has 97 heavy (non-hydrogen) atoms. The van der Waals surface area contributed by atoms with Gasteiger partial charge in [0.2, 0.25) is 0 Å². The van der Waals surface area contributed by atoms with E-state index in [-0.39, 0.29) is 32.5 Å². The Kier molecular flexibility index (Phi) is 26.9. The third-order valence-electron chi connectivity index (χ3n) is 20.3. The summed E-state index contributed by atoms with van der Waals surface area (Å²) >= 11 is 0. The maximum absolute atomic E-state index is 9.30. The van der Waals surface area contributed by atoms with Crippen LogP contribution in [-0.4, -0.2) is 0 Å². The van der Waals surface area contributed by atoms with Crippen LogP contribution in [-0.2, 0) is 62.9 Å². The van der Waals surface area contributed by atoms with Gasteiger partial charge in [0.15, 0.2) is 0 Å². The zero-order valence-corrected chi connectivity index (χ0v) is 67.7. The van der Waals surface area contributed by atoms with Crippen molar-refractivity contribution >= 4 is 8.60 Å². The van der Waals surface area contributed by atoms with E-state index in [2.05, 4.69) is 296 Å². The van der Waals surface area contributed by atoms with Crippen LogP contribution in [0.1, 0.15) is 342 Å². The van der Waals surface area contributed by atoms with Gasteiger partial charge in [-0.2, -0.15) is 0 Å². The molecule has 0 spiro atoms. The number of aryl methyl sites for hydroxylation is 6. The Bertz CT molecular complexity index is 3100. The van der Waals surface area contributed by atoms with Crippen molar-refractivity contribution in [3.05, 3.63) is 246 Å². The first-order valence-electron chi connectivity index (χ1n) is 37.6. The Hall–Kier alpha value is -5.15. The van der Waals surface area contributed by atoms with Crippen LogP contribution in [0, 0.1) is 41.5 Å². The average Bonchev–Trinajstić information content (AvgIpc) is 0.720. The molecule has 0 fully saturated rings. The molecule has 0 N–H and O–H groups in total. The van der Waals surface area contributed by atoms with E-state index in [1.165, 1.54) is 66.8 Å². The third-order valence-corrected chi connectivity index (χ3v) is 21.6. The van der Waals surface area contributed by atoms with Crippen molar-refractivity contribution in [1.29, 1.82) is 0 Å². The lowest BCUT2D eigenvalue weighted by atomic mass is 9.68. The molecule has 0 aliphatic heterocycles. The van der Waals surface area contributed by atoms with E-state index in [0.29, 0.717) is 19.3 Å². The van der Waals surface area contributed by atoms with E-state index < -0.39 is 25.4 Å². The van der Waals surface area contributed by atoms with Crippen LogP contribution < -0.4 is 0 Å². The fraction of sp³-hybridized carbons (Fsp3) is 0.548. The molecule has 0 heterocycles. The van der Waals surface area contributed by atoms with Crippen molar-refractivity contribution in [2.24, 2.45) is 0 Å². The summed E-state index contributed by atoms with van der Waals surface area (Å²) in [6.07, 6.45) is 14.9. The van der Waals surface area contributed by atoms with E-state index in [0.717, 1.165) is 127 Å². The predicted molar refractivity (Wildman–Crippen MR) is 425 cm³/mol. The maximum atomic E-state index is 9.30. The summed E-state index contributed by atoms with van der Waals surface area (Å²) in [5.74, 6) is 0. The molecule has 0 radical (unpaired) electrons. The van der Waals surface area contributed by atoms with Crippen LogP contribution >= 0.6 is 8.60 Å². The Balaban J connectivity index is 2.13. The molecule has 6 aromatic carbocycles. The maximum Gasteiger partial charge on any atom is 0.337 e. The molecule has 3 nitrogen and oxygen atoms in total. The minimum atomic E-state index is -2.75. The van der Waals surface area contributed by atoms with Crippen molar-refractivity contribution in [3.63, 3.8) is 0 Å². The van der Waals surface area contributed by atoms with Gasteiger partial charge in [0.1, 0.15) is 16.8 Å². The highest BCUT2D eigenvalue weighted by Crippen LogP contribution is 2.67. The van der Waals surface area contributed by atoms with E-state index in [1.54, 1.807) is 0 Å². The van der Waals surface area contributed by atoms with Crippen LogP contribution in [0.3, 0.4) is 0 Å². The number of hydrogen-bond acceptors (Lipinski definition) is 3. The van der Waals surface area contributed by atoms with E-state index in [9.17, 15) is 13.6 Å². The molecule has 0 amide bonds. The molecule has 530 valence electrons. The van der Waals surface area contributed by atoms with Gasteiger partial charge in [0, 0.05) is 0 Å². The van der Waals surface area contributed by atoms with Crippen molar-refractivity contribution in [3.8, 4) is 0 Å². The quantitative estimate of drug-likeness (QED) is 0.0256. The van der Waals surface area contributed by atoms with Gasteiger partial charge < -0.3 is 0 Å². The number of rotatable bonds is 30. The molecule has 4 heteroatoms. The molecule has 6 aromatic rings. The lowest BCUT2D eigenvalue weighted by Gasteiger charge is -2.50. The van der Waals surface area contributed by atoms with Crippen LogP contribution in [0.5, 0.6) is 0 Å². The van der Waals surface area contributed by atoms with E-state index in [4.69, 9.17) is 19.7 Å². The molecule has 0 saturated carbocycles. The largest absolute Gasteiger partial charge is 0.337 e. The van der Waals surface area contributed by atoms with Gasteiger partial charge in [0.05, 0.1) is 0 Å². The second-order valence-corrected chi connectivity index (χ2v) is 36.6. The Labute approximate surface area is 597 Å². The molecule has 0 bridgehead atoms. The Morgan fingerprint density at radius 2 is 0.423 bits per heavy atom. The topological polar surface area (TPSA) is 27.7 Å². The highest BCUT2D eigenvalue weighted by Gasteiger charge is 2.56. The van der Waals surface area contributed by atoms with Gasteiger partial charge in [-0.3, -0.25) is 13.6 Å². The van der Waals surface area contributed by atoms with Gasteiger partial charge in [-0.15, -0.1) is 0 Å². The Morgan fingerprint density at radius 3 is 0.567 bits per heavy atom. The third kappa shape index (κ3) is 18.7. The van der Waals surface area contributed by atoms with Gasteiger partial charge in [-0.1, -0.05) is 365 Å². The molecule has 0 atom stereocenters. The van der Waals surface area contributed by atoms with Crippen molar-refractivity contribution in [2.45, 2.75) is 333 Å². The summed E-state index contributed by atoms with van der Waals surface area (Å²) in [6.45, 7) is 79.4. The zero-order chi connectivity index (χ0) is 72.7. The lowest BCUT2D eigenvalue weighted by Crippen LogP contribution is -2.43. The summed E-state index contributed by atoms with van der Waals surface area (Å²) in [5, 5.41) is 0. The summed E-state index contributed by atoms with van der Waals surface area (Å²) in [7, 11) is -2.75. The molecule has 0 saturated heterocycles. The van der Waals surface area contributed by atoms with Gasteiger partial charge >= 0.3 is 8.60 Å². The first-order valence-corrected chi connectivity index (χ1v) is 38.7. The second-order valence-electron chi connectivity index (χ2n) is 35.6. The van der Waals surface area contributed by atoms with Crippen molar-refractivity contribution in [2.75, 3.05) is 0 Å². The van der Waals surface area contributed by atoms with Crippen LogP contribution in [0.4, 0.5) is 0 Å². The first-order chi connectivity index (χ1) is 45.0. The molecular weight excluding hydrogens is 1200 g/mol. The number of unbranched alkanes of at least 4 members (excludes halogenated alkanes) is 9.